The first-order valence-electron chi connectivity index (χ1n) is 12.1. The Balaban J connectivity index is 0.000000293. The third-order valence-corrected chi connectivity index (χ3v) is 6.57. The Labute approximate surface area is 233 Å². The Morgan fingerprint density at radius 1 is 0.684 bits per heavy atom. The van der Waals surface area contributed by atoms with Gasteiger partial charge in [0.1, 0.15) is 11.6 Å². The van der Waals surface area contributed by atoms with Gasteiger partial charge in [-0.15, -0.1) is 0 Å². The lowest BCUT2D eigenvalue weighted by molar-refractivity contribution is 0.0592. The van der Waals surface area contributed by atoms with Crippen molar-refractivity contribution in [3.05, 3.63) is 87.1 Å². The number of benzene rings is 3. The minimum atomic E-state index is -0.449. The van der Waals surface area contributed by atoms with Crippen LogP contribution in [0.4, 0.5) is 4.39 Å². The summed E-state index contributed by atoms with van der Waals surface area (Å²) in [7, 11) is 4.24. The molecular formula is C31H36BrFO5. The van der Waals surface area contributed by atoms with Crippen molar-refractivity contribution in [3.63, 3.8) is 0 Å². The van der Waals surface area contributed by atoms with E-state index in [9.17, 15) is 14.0 Å². The van der Waals surface area contributed by atoms with Gasteiger partial charge in [0, 0.05) is 10.0 Å². The van der Waals surface area contributed by atoms with Crippen molar-refractivity contribution in [3.8, 4) is 16.9 Å². The highest BCUT2D eigenvalue weighted by atomic mass is 79.9. The molecule has 0 unspecified atom stereocenters. The Hall–Kier alpha value is -3.19. The molecule has 0 heterocycles. The van der Waals surface area contributed by atoms with Crippen molar-refractivity contribution < 1.29 is 28.2 Å². The summed E-state index contributed by atoms with van der Waals surface area (Å²) in [6.45, 7) is 12.5. The highest BCUT2D eigenvalue weighted by Crippen LogP contribution is 2.36. The van der Waals surface area contributed by atoms with Gasteiger partial charge in [-0.05, 0) is 70.0 Å². The van der Waals surface area contributed by atoms with Crippen LogP contribution < -0.4 is 4.74 Å². The zero-order chi connectivity index (χ0) is 28.8. The van der Waals surface area contributed by atoms with Gasteiger partial charge in [-0.3, -0.25) is 0 Å². The monoisotopic (exact) mass is 586 g/mol. The van der Waals surface area contributed by atoms with Gasteiger partial charge in [0.25, 0.3) is 0 Å². The van der Waals surface area contributed by atoms with E-state index in [4.69, 9.17) is 9.47 Å². The molecule has 0 amide bonds. The number of carbonyl (C=O) groups is 2. The Kier molecular flexibility index (Phi) is 10.3. The van der Waals surface area contributed by atoms with Crippen molar-refractivity contribution in [1.82, 2.24) is 0 Å². The van der Waals surface area contributed by atoms with Crippen LogP contribution >= 0.6 is 15.9 Å². The molecule has 0 aliphatic carbocycles. The summed E-state index contributed by atoms with van der Waals surface area (Å²) in [6, 6.07) is 15.3. The minimum absolute atomic E-state index is 0.0630. The largest absolute Gasteiger partial charge is 0.497 e. The van der Waals surface area contributed by atoms with Crippen molar-refractivity contribution in [2.45, 2.75) is 52.4 Å². The molecule has 5 nitrogen and oxygen atoms in total. The number of esters is 2. The van der Waals surface area contributed by atoms with Crippen LogP contribution in [-0.4, -0.2) is 33.3 Å². The van der Waals surface area contributed by atoms with Crippen LogP contribution in [-0.2, 0) is 20.3 Å². The first-order chi connectivity index (χ1) is 17.6. The molecule has 0 spiro atoms. The summed E-state index contributed by atoms with van der Waals surface area (Å²) in [5.74, 6) is -0.561. The number of rotatable bonds is 4. The summed E-state index contributed by atoms with van der Waals surface area (Å²) in [5, 5.41) is 0. The van der Waals surface area contributed by atoms with Gasteiger partial charge in [-0.2, -0.15) is 0 Å². The Morgan fingerprint density at radius 3 is 1.63 bits per heavy atom. The van der Waals surface area contributed by atoms with Gasteiger partial charge in [0.05, 0.1) is 32.5 Å². The lowest BCUT2D eigenvalue weighted by atomic mass is 9.81. The molecule has 0 fully saturated rings. The molecule has 0 bridgehead atoms. The number of carbonyl (C=O) groups excluding carboxylic acids is 2. The summed E-state index contributed by atoms with van der Waals surface area (Å²) >= 11 is 3.47. The van der Waals surface area contributed by atoms with Crippen LogP contribution in [0.15, 0.2) is 59.1 Å². The van der Waals surface area contributed by atoms with E-state index >= 15 is 0 Å². The molecule has 3 aromatic carbocycles. The molecule has 0 N–H and O–H groups in total. The van der Waals surface area contributed by atoms with Crippen molar-refractivity contribution >= 4 is 27.9 Å². The van der Waals surface area contributed by atoms with E-state index in [0.29, 0.717) is 28.0 Å². The van der Waals surface area contributed by atoms with E-state index in [1.54, 1.807) is 36.4 Å². The lowest BCUT2D eigenvalue weighted by Gasteiger charge is -2.24. The summed E-state index contributed by atoms with van der Waals surface area (Å²) in [5.41, 5.74) is 3.99. The highest BCUT2D eigenvalue weighted by molar-refractivity contribution is 9.10. The van der Waals surface area contributed by atoms with Crippen molar-refractivity contribution in [2.75, 3.05) is 21.3 Å². The summed E-state index contributed by atoms with van der Waals surface area (Å²) in [6.07, 6.45) is 0. The number of methoxy groups -OCH3 is 3. The Morgan fingerprint density at radius 2 is 1.18 bits per heavy atom. The zero-order valence-electron chi connectivity index (χ0n) is 23.5. The average molecular weight is 588 g/mol. The fourth-order valence-corrected chi connectivity index (χ4v) is 4.85. The van der Waals surface area contributed by atoms with Gasteiger partial charge in [-0.25, -0.2) is 14.0 Å². The molecular weight excluding hydrogens is 551 g/mol. The van der Waals surface area contributed by atoms with Crippen LogP contribution in [0, 0.1) is 5.82 Å². The molecule has 0 saturated carbocycles. The zero-order valence-corrected chi connectivity index (χ0v) is 25.1. The molecule has 3 rings (SSSR count). The predicted molar refractivity (Wildman–Crippen MR) is 153 cm³/mol. The summed E-state index contributed by atoms with van der Waals surface area (Å²) in [4.78, 5) is 23.1. The van der Waals surface area contributed by atoms with E-state index in [0.717, 1.165) is 10.0 Å². The fourth-order valence-electron chi connectivity index (χ4n) is 3.87. The molecule has 38 heavy (non-hydrogen) atoms. The normalized spacial score (nSPS) is 11.2. The molecule has 0 aromatic heterocycles. The van der Waals surface area contributed by atoms with Gasteiger partial charge in [0.2, 0.25) is 0 Å². The number of hydrogen-bond acceptors (Lipinski definition) is 5. The highest BCUT2D eigenvalue weighted by Gasteiger charge is 2.23. The molecule has 204 valence electrons. The van der Waals surface area contributed by atoms with Gasteiger partial charge < -0.3 is 14.2 Å². The fraction of sp³-hybridized carbons (Fsp3) is 0.355. The Bertz CT molecular complexity index is 1300. The first-order valence-corrected chi connectivity index (χ1v) is 12.9. The maximum atomic E-state index is 14.4. The first kappa shape index (κ1) is 31.0. The van der Waals surface area contributed by atoms with Crippen LogP contribution in [0.25, 0.3) is 11.1 Å². The topological polar surface area (TPSA) is 61.8 Å². The number of ether oxygens (including phenoxy) is 3. The standard InChI is InChI=1S/C19H21FO3.C12H15BrO2/c1-19(2,3)16-8-6-12(18(21)23-5)10-14(16)15-11-13(22-4)7-9-17(15)20;1-12(2,3)9-6-5-8(7-10(9)13)11(14)15-4/h6-11H,1-5H3;5-7H,1-4H3. The molecule has 3 aromatic rings. The number of hydrogen-bond donors (Lipinski definition) is 0. The van der Waals surface area contributed by atoms with E-state index in [-0.39, 0.29) is 22.6 Å². The summed E-state index contributed by atoms with van der Waals surface area (Å²) < 4.78 is 30.0. The second-order valence-electron chi connectivity index (χ2n) is 10.8. The SMILES string of the molecule is COC(=O)c1ccc(C(C)(C)C)c(-c2cc(OC)ccc2F)c1.COC(=O)c1ccc(C(C)(C)C)c(Br)c1. The number of halogens is 2. The van der Waals surface area contributed by atoms with Gasteiger partial charge >= 0.3 is 11.9 Å². The molecule has 0 atom stereocenters. The predicted octanol–water partition coefficient (Wildman–Crippen LogP) is 8.12. The molecule has 0 saturated heterocycles. The maximum absolute atomic E-state index is 14.4. The van der Waals surface area contributed by atoms with E-state index in [1.165, 1.54) is 33.0 Å². The quantitative estimate of drug-likeness (QED) is 0.289. The smallest absolute Gasteiger partial charge is 0.337 e. The average Bonchev–Trinajstić information content (AvgIpc) is 2.86. The molecule has 0 aliphatic heterocycles. The van der Waals surface area contributed by atoms with Crippen LogP contribution in [0.2, 0.25) is 0 Å². The van der Waals surface area contributed by atoms with Crippen molar-refractivity contribution in [1.29, 1.82) is 0 Å². The van der Waals surface area contributed by atoms with E-state index < -0.39 is 5.97 Å². The lowest BCUT2D eigenvalue weighted by Crippen LogP contribution is -2.14. The third-order valence-electron chi connectivity index (χ3n) is 5.91. The van der Waals surface area contributed by atoms with E-state index in [1.807, 2.05) is 32.9 Å². The second kappa shape index (κ2) is 12.6. The third kappa shape index (κ3) is 7.67. The maximum Gasteiger partial charge on any atom is 0.337 e. The van der Waals surface area contributed by atoms with Gasteiger partial charge in [0.15, 0.2) is 0 Å². The van der Waals surface area contributed by atoms with E-state index in [2.05, 4.69) is 41.4 Å². The van der Waals surface area contributed by atoms with Crippen LogP contribution in [0.1, 0.15) is 73.4 Å². The molecule has 0 radical (unpaired) electrons. The van der Waals surface area contributed by atoms with Crippen molar-refractivity contribution in [2.24, 2.45) is 0 Å². The molecule has 0 aliphatic rings. The van der Waals surface area contributed by atoms with Crippen LogP contribution in [0.3, 0.4) is 0 Å². The van der Waals surface area contributed by atoms with Crippen LogP contribution in [0.5, 0.6) is 5.75 Å². The minimum Gasteiger partial charge on any atom is -0.497 e. The molecule has 7 heteroatoms. The van der Waals surface area contributed by atoms with Gasteiger partial charge in [-0.1, -0.05) is 69.6 Å². The second-order valence-corrected chi connectivity index (χ2v) is 11.6.